The molecule has 1 saturated heterocycles. The SMILES string of the molecule is C/N=C(\CC1CCC(C)(C)NC1=O)NC(=O)C(CC(C)(C)C)NC(=O)C(NC(=O)C(F)(F)F)C(C)(C)C. The third kappa shape index (κ3) is 10.7. The second kappa shape index (κ2) is 11.8. The molecule has 212 valence electrons. The molecule has 1 aliphatic heterocycles. The number of nitrogens with one attached hydrogen (secondary N) is 4. The first kappa shape index (κ1) is 32.4. The fourth-order valence-corrected chi connectivity index (χ4v) is 3.98. The summed E-state index contributed by atoms with van der Waals surface area (Å²) >= 11 is 0. The second-order valence-electron chi connectivity index (χ2n) is 12.6. The third-order valence-corrected chi connectivity index (χ3v) is 6.04. The summed E-state index contributed by atoms with van der Waals surface area (Å²) in [6.45, 7) is 13.9. The van der Waals surface area contributed by atoms with E-state index in [4.69, 9.17) is 0 Å². The Morgan fingerprint density at radius 2 is 1.62 bits per heavy atom. The second-order valence-corrected chi connectivity index (χ2v) is 12.6. The van der Waals surface area contributed by atoms with Crippen molar-refractivity contribution in [2.45, 2.75) is 105 Å². The fourth-order valence-electron chi connectivity index (χ4n) is 3.98. The Morgan fingerprint density at radius 3 is 2.05 bits per heavy atom. The highest BCUT2D eigenvalue weighted by atomic mass is 19.4. The van der Waals surface area contributed by atoms with Crippen molar-refractivity contribution in [2.75, 3.05) is 7.05 Å². The van der Waals surface area contributed by atoms with Crippen LogP contribution in [0, 0.1) is 16.7 Å². The molecule has 1 aliphatic rings. The molecule has 0 bridgehead atoms. The van der Waals surface area contributed by atoms with E-state index in [1.54, 1.807) is 5.32 Å². The van der Waals surface area contributed by atoms with Crippen LogP contribution in [0.25, 0.3) is 0 Å². The number of hydrogen-bond donors (Lipinski definition) is 4. The van der Waals surface area contributed by atoms with Crippen LogP contribution in [-0.2, 0) is 19.2 Å². The van der Waals surface area contributed by atoms with Crippen molar-refractivity contribution >= 4 is 29.5 Å². The Balaban J connectivity index is 3.07. The number of amides is 4. The number of carbonyl (C=O) groups is 4. The van der Waals surface area contributed by atoms with Crippen molar-refractivity contribution in [1.29, 1.82) is 0 Å². The van der Waals surface area contributed by atoms with E-state index in [2.05, 4.69) is 20.9 Å². The van der Waals surface area contributed by atoms with E-state index in [1.807, 2.05) is 34.6 Å². The predicted octanol–water partition coefficient (Wildman–Crippen LogP) is 2.84. The van der Waals surface area contributed by atoms with Gasteiger partial charge in [-0.2, -0.15) is 13.2 Å². The zero-order valence-corrected chi connectivity index (χ0v) is 23.3. The van der Waals surface area contributed by atoms with Crippen LogP contribution in [-0.4, -0.2) is 60.3 Å². The minimum absolute atomic E-state index is 0.139. The fraction of sp³-hybridized carbons (Fsp3) is 0.800. The summed E-state index contributed by atoms with van der Waals surface area (Å²) in [5.74, 6) is -4.04. The lowest BCUT2D eigenvalue weighted by molar-refractivity contribution is -0.175. The van der Waals surface area contributed by atoms with Crippen molar-refractivity contribution in [3.63, 3.8) is 0 Å². The van der Waals surface area contributed by atoms with E-state index in [1.165, 1.54) is 27.8 Å². The van der Waals surface area contributed by atoms with Crippen LogP contribution in [0.1, 0.15) is 81.1 Å². The van der Waals surface area contributed by atoms with Gasteiger partial charge in [0.2, 0.25) is 17.7 Å². The zero-order chi connectivity index (χ0) is 29.0. The number of piperidine rings is 1. The Bertz CT molecular complexity index is 901. The van der Waals surface area contributed by atoms with Crippen LogP contribution < -0.4 is 21.3 Å². The molecule has 0 spiro atoms. The van der Waals surface area contributed by atoms with Gasteiger partial charge in [-0.05, 0) is 43.9 Å². The largest absolute Gasteiger partial charge is 0.471 e. The Kier molecular flexibility index (Phi) is 10.3. The molecule has 9 nitrogen and oxygen atoms in total. The molecule has 0 aliphatic carbocycles. The summed E-state index contributed by atoms with van der Waals surface area (Å²) in [5, 5.41) is 9.89. The summed E-state index contributed by atoms with van der Waals surface area (Å²) in [5.41, 5.74) is -1.83. The highest BCUT2D eigenvalue weighted by Gasteiger charge is 2.44. The predicted molar refractivity (Wildman–Crippen MR) is 135 cm³/mol. The standard InChI is InChI=1S/C25H42F3N5O4/c1-22(2,3)13-15(30-20(36)17(23(4,5)6)32-21(37)25(26,27)28)19(35)31-16(29-9)12-14-10-11-24(7,8)33-18(14)34/h14-15,17H,10-13H2,1-9H3,(H,30,36)(H,32,37)(H,33,34)(H,29,31,35). The average molecular weight is 534 g/mol. The lowest BCUT2D eigenvalue weighted by atomic mass is 9.84. The topological polar surface area (TPSA) is 129 Å². The molecular weight excluding hydrogens is 491 g/mol. The van der Waals surface area contributed by atoms with Gasteiger partial charge in [0.15, 0.2) is 0 Å². The van der Waals surface area contributed by atoms with Crippen molar-refractivity contribution in [3.05, 3.63) is 0 Å². The number of rotatable bonds is 7. The first-order valence-electron chi connectivity index (χ1n) is 12.3. The Morgan fingerprint density at radius 1 is 1.05 bits per heavy atom. The number of aliphatic imine (C=N–C) groups is 1. The summed E-state index contributed by atoms with van der Waals surface area (Å²) in [6, 6.07) is -2.68. The Hall–Kier alpha value is -2.66. The van der Waals surface area contributed by atoms with Crippen molar-refractivity contribution < 1.29 is 32.3 Å². The van der Waals surface area contributed by atoms with Gasteiger partial charge in [0, 0.05) is 24.9 Å². The van der Waals surface area contributed by atoms with Gasteiger partial charge < -0.3 is 21.3 Å². The number of nitrogens with zero attached hydrogens (tertiary/aromatic N) is 1. The van der Waals surface area contributed by atoms with Gasteiger partial charge in [-0.25, -0.2) is 0 Å². The van der Waals surface area contributed by atoms with Gasteiger partial charge in [-0.1, -0.05) is 41.5 Å². The summed E-state index contributed by atoms with van der Waals surface area (Å²) in [7, 11) is 1.47. The molecule has 1 rings (SSSR count). The lowest BCUT2D eigenvalue weighted by Gasteiger charge is -2.35. The number of carbonyl (C=O) groups excluding carboxylic acids is 4. The van der Waals surface area contributed by atoms with E-state index < -0.39 is 46.8 Å². The van der Waals surface area contributed by atoms with Crippen LogP contribution >= 0.6 is 0 Å². The normalized spacial score (nSPS) is 20.4. The van der Waals surface area contributed by atoms with Crippen LogP contribution in [0.15, 0.2) is 4.99 Å². The molecule has 0 saturated carbocycles. The Labute approximate surface area is 217 Å². The van der Waals surface area contributed by atoms with Crippen molar-refractivity contribution in [2.24, 2.45) is 21.7 Å². The first-order chi connectivity index (χ1) is 16.6. The van der Waals surface area contributed by atoms with Gasteiger partial charge >= 0.3 is 12.1 Å². The molecule has 4 N–H and O–H groups in total. The third-order valence-electron chi connectivity index (χ3n) is 6.04. The first-order valence-corrected chi connectivity index (χ1v) is 12.3. The molecular formula is C25H42F3N5O4. The highest BCUT2D eigenvalue weighted by molar-refractivity contribution is 6.03. The maximum absolute atomic E-state index is 13.2. The summed E-state index contributed by atoms with van der Waals surface area (Å²) < 4.78 is 38.6. The smallest absolute Gasteiger partial charge is 0.351 e. The molecule has 12 heteroatoms. The van der Waals surface area contributed by atoms with Gasteiger partial charge in [-0.3, -0.25) is 24.2 Å². The number of alkyl halides is 3. The van der Waals surface area contributed by atoms with Gasteiger partial charge in [0.05, 0.1) is 0 Å². The molecule has 3 atom stereocenters. The minimum atomic E-state index is -5.17. The number of amidine groups is 1. The molecule has 37 heavy (non-hydrogen) atoms. The molecule has 0 aromatic heterocycles. The van der Waals surface area contributed by atoms with Crippen molar-refractivity contribution in [1.82, 2.24) is 21.3 Å². The lowest BCUT2D eigenvalue weighted by Crippen LogP contribution is -2.60. The van der Waals surface area contributed by atoms with Crippen molar-refractivity contribution in [3.8, 4) is 0 Å². The molecule has 0 radical (unpaired) electrons. The monoisotopic (exact) mass is 533 g/mol. The molecule has 1 fully saturated rings. The van der Waals surface area contributed by atoms with Crippen LogP contribution in [0.2, 0.25) is 0 Å². The maximum Gasteiger partial charge on any atom is 0.471 e. The quantitative estimate of drug-likeness (QED) is 0.296. The van der Waals surface area contributed by atoms with Crippen LogP contribution in [0.5, 0.6) is 0 Å². The molecule has 0 aromatic rings. The number of halogens is 3. The van der Waals surface area contributed by atoms with Gasteiger partial charge in [-0.15, -0.1) is 0 Å². The number of hydrogen-bond acceptors (Lipinski definition) is 5. The molecule has 4 amide bonds. The van der Waals surface area contributed by atoms with E-state index in [0.29, 0.717) is 6.42 Å². The highest BCUT2D eigenvalue weighted by Crippen LogP contribution is 2.26. The van der Waals surface area contributed by atoms with E-state index >= 15 is 0 Å². The maximum atomic E-state index is 13.2. The summed E-state index contributed by atoms with van der Waals surface area (Å²) in [6.07, 6.45) is -3.45. The summed E-state index contributed by atoms with van der Waals surface area (Å²) in [4.78, 5) is 54.5. The minimum Gasteiger partial charge on any atom is -0.351 e. The van der Waals surface area contributed by atoms with Gasteiger partial charge in [0.1, 0.15) is 17.9 Å². The van der Waals surface area contributed by atoms with E-state index in [9.17, 15) is 32.3 Å². The van der Waals surface area contributed by atoms with E-state index in [-0.39, 0.29) is 36.0 Å². The van der Waals surface area contributed by atoms with Crippen LogP contribution in [0.3, 0.4) is 0 Å². The van der Waals surface area contributed by atoms with Crippen LogP contribution in [0.4, 0.5) is 13.2 Å². The van der Waals surface area contributed by atoms with E-state index in [0.717, 1.165) is 6.42 Å². The zero-order valence-electron chi connectivity index (χ0n) is 23.3. The average Bonchev–Trinajstić information content (AvgIpc) is 2.69. The molecule has 0 aromatic carbocycles. The van der Waals surface area contributed by atoms with Gasteiger partial charge in [0.25, 0.3) is 0 Å². The molecule has 1 heterocycles. The molecule has 3 unspecified atom stereocenters.